The molecule has 1 amide bonds. The molecule has 1 N–H and O–H groups in total. The SMILES string of the molecule is CC(C)(C)C1CCN(C(=O)c2n[nH]c3ccccc23)C1. The summed E-state index contributed by atoms with van der Waals surface area (Å²) in [5.41, 5.74) is 1.72. The van der Waals surface area contributed by atoms with E-state index in [4.69, 9.17) is 0 Å². The third kappa shape index (κ3) is 2.19. The Morgan fingerprint density at radius 2 is 2.10 bits per heavy atom. The van der Waals surface area contributed by atoms with Gasteiger partial charge in [-0.25, -0.2) is 0 Å². The summed E-state index contributed by atoms with van der Waals surface area (Å²) in [6.07, 6.45) is 1.08. The first-order valence-corrected chi connectivity index (χ1v) is 7.19. The van der Waals surface area contributed by atoms with E-state index in [2.05, 4.69) is 31.0 Å². The molecule has 1 aliphatic rings. The highest BCUT2D eigenvalue weighted by atomic mass is 16.2. The number of fused-ring (bicyclic) bond motifs is 1. The zero-order chi connectivity index (χ0) is 14.3. The van der Waals surface area contributed by atoms with Gasteiger partial charge in [-0.1, -0.05) is 39.0 Å². The molecule has 1 atom stereocenters. The van der Waals surface area contributed by atoms with Crippen molar-refractivity contribution in [1.29, 1.82) is 0 Å². The average molecular weight is 271 g/mol. The number of nitrogens with zero attached hydrogens (tertiary/aromatic N) is 2. The van der Waals surface area contributed by atoms with Gasteiger partial charge in [0.25, 0.3) is 5.91 Å². The first kappa shape index (κ1) is 13.2. The highest BCUT2D eigenvalue weighted by Crippen LogP contribution is 2.34. The van der Waals surface area contributed by atoms with Crippen molar-refractivity contribution in [3.63, 3.8) is 0 Å². The number of hydrogen-bond acceptors (Lipinski definition) is 2. The largest absolute Gasteiger partial charge is 0.337 e. The molecule has 1 unspecified atom stereocenters. The third-order valence-electron chi connectivity index (χ3n) is 4.37. The Kier molecular flexibility index (Phi) is 3.04. The summed E-state index contributed by atoms with van der Waals surface area (Å²) in [4.78, 5) is 14.6. The number of carbonyl (C=O) groups excluding carboxylic acids is 1. The van der Waals surface area contributed by atoms with E-state index >= 15 is 0 Å². The van der Waals surface area contributed by atoms with Gasteiger partial charge in [-0.2, -0.15) is 5.10 Å². The summed E-state index contributed by atoms with van der Waals surface area (Å²) < 4.78 is 0. The topological polar surface area (TPSA) is 49.0 Å². The molecule has 2 heterocycles. The van der Waals surface area contributed by atoms with Crippen molar-refractivity contribution in [2.45, 2.75) is 27.2 Å². The van der Waals surface area contributed by atoms with E-state index in [9.17, 15) is 4.79 Å². The van der Waals surface area contributed by atoms with Crippen LogP contribution in [0.1, 0.15) is 37.7 Å². The first-order chi connectivity index (χ1) is 9.47. The summed E-state index contributed by atoms with van der Waals surface area (Å²) in [5.74, 6) is 0.617. The van der Waals surface area contributed by atoms with Gasteiger partial charge in [0.1, 0.15) is 0 Å². The van der Waals surface area contributed by atoms with Crippen molar-refractivity contribution < 1.29 is 4.79 Å². The summed E-state index contributed by atoms with van der Waals surface area (Å²) in [7, 11) is 0. The highest BCUT2D eigenvalue weighted by Gasteiger charge is 2.35. The van der Waals surface area contributed by atoms with Crippen molar-refractivity contribution >= 4 is 16.8 Å². The molecule has 1 fully saturated rings. The zero-order valence-electron chi connectivity index (χ0n) is 12.3. The monoisotopic (exact) mass is 271 g/mol. The van der Waals surface area contributed by atoms with E-state index in [0.29, 0.717) is 11.6 Å². The first-order valence-electron chi connectivity index (χ1n) is 7.19. The maximum atomic E-state index is 12.6. The third-order valence-corrected chi connectivity index (χ3v) is 4.37. The Bertz CT molecular complexity index is 638. The number of para-hydroxylation sites is 1. The number of aromatic amines is 1. The molecule has 106 valence electrons. The maximum absolute atomic E-state index is 12.6. The number of aromatic nitrogens is 2. The number of hydrogen-bond donors (Lipinski definition) is 1. The zero-order valence-corrected chi connectivity index (χ0v) is 12.3. The van der Waals surface area contributed by atoms with Crippen molar-refractivity contribution in [3.8, 4) is 0 Å². The second kappa shape index (κ2) is 4.62. The highest BCUT2D eigenvalue weighted by molar-refractivity contribution is 6.04. The molecule has 0 aliphatic carbocycles. The van der Waals surface area contributed by atoms with Gasteiger partial charge in [0.2, 0.25) is 0 Å². The van der Waals surface area contributed by atoms with Crippen molar-refractivity contribution in [2.24, 2.45) is 11.3 Å². The smallest absolute Gasteiger partial charge is 0.275 e. The standard InChI is InChI=1S/C16H21N3O/c1-16(2,3)11-8-9-19(10-11)15(20)14-12-6-4-5-7-13(12)17-18-14/h4-7,11H,8-10H2,1-3H3,(H,17,18). The van der Waals surface area contributed by atoms with Gasteiger partial charge in [0, 0.05) is 18.5 Å². The van der Waals surface area contributed by atoms with Crippen LogP contribution in [0.2, 0.25) is 0 Å². The normalized spacial score (nSPS) is 19.8. The van der Waals surface area contributed by atoms with Gasteiger partial charge >= 0.3 is 0 Å². The molecule has 0 spiro atoms. The number of rotatable bonds is 1. The number of nitrogens with one attached hydrogen (secondary N) is 1. The van der Waals surface area contributed by atoms with Crippen LogP contribution < -0.4 is 0 Å². The lowest BCUT2D eigenvalue weighted by atomic mass is 9.80. The number of H-pyrrole nitrogens is 1. The second-order valence-electron chi connectivity index (χ2n) is 6.72. The lowest BCUT2D eigenvalue weighted by molar-refractivity contribution is 0.0772. The fourth-order valence-electron chi connectivity index (χ4n) is 2.93. The molecule has 1 aromatic heterocycles. The molecule has 0 bridgehead atoms. The Hall–Kier alpha value is -1.84. The lowest BCUT2D eigenvalue weighted by Gasteiger charge is -2.26. The molecule has 3 rings (SSSR count). The number of carbonyl (C=O) groups is 1. The van der Waals surface area contributed by atoms with Gasteiger partial charge in [-0.15, -0.1) is 0 Å². The summed E-state index contributed by atoms with van der Waals surface area (Å²) in [5, 5.41) is 8.06. The van der Waals surface area contributed by atoms with Crippen LogP contribution in [0.5, 0.6) is 0 Å². The van der Waals surface area contributed by atoms with Crippen LogP contribution in [0.25, 0.3) is 10.9 Å². The molecule has 0 radical (unpaired) electrons. The van der Waals surface area contributed by atoms with Gasteiger partial charge in [-0.05, 0) is 23.8 Å². The van der Waals surface area contributed by atoms with Crippen molar-refractivity contribution in [3.05, 3.63) is 30.0 Å². The van der Waals surface area contributed by atoms with Gasteiger partial charge < -0.3 is 4.90 Å². The Morgan fingerprint density at radius 3 is 2.80 bits per heavy atom. The molecule has 2 aromatic rings. The Labute approximate surface area is 119 Å². The minimum absolute atomic E-state index is 0.0502. The van der Waals surface area contributed by atoms with Crippen molar-refractivity contribution in [2.75, 3.05) is 13.1 Å². The summed E-state index contributed by atoms with van der Waals surface area (Å²) in [6.45, 7) is 8.41. The molecule has 4 nitrogen and oxygen atoms in total. The molecule has 1 aromatic carbocycles. The van der Waals surface area contributed by atoms with E-state index in [1.807, 2.05) is 29.2 Å². The summed E-state index contributed by atoms with van der Waals surface area (Å²) in [6, 6.07) is 7.78. The molecule has 20 heavy (non-hydrogen) atoms. The van der Waals surface area contributed by atoms with Crippen LogP contribution in [0.15, 0.2) is 24.3 Å². The van der Waals surface area contributed by atoms with Crippen LogP contribution in [-0.4, -0.2) is 34.1 Å². The van der Waals surface area contributed by atoms with Crippen LogP contribution in [0.4, 0.5) is 0 Å². The number of likely N-dealkylation sites (tertiary alicyclic amines) is 1. The van der Waals surface area contributed by atoms with Gasteiger partial charge in [-0.3, -0.25) is 9.89 Å². The van der Waals surface area contributed by atoms with E-state index < -0.39 is 0 Å². The van der Waals surface area contributed by atoms with Crippen molar-refractivity contribution in [1.82, 2.24) is 15.1 Å². The molecule has 4 heteroatoms. The lowest BCUT2D eigenvalue weighted by Crippen LogP contribution is -2.31. The Balaban J connectivity index is 1.84. The predicted molar refractivity (Wildman–Crippen MR) is 79.6 cm³/mol. The van der Waals surface area contributed by atoms with Crippen LogP contribution in [-0.2, 0) is 0 Å². The van der Waals surface area contributed by atoms with E-state index in [1.54, 1.807) is 0 Å². The quantitative estimate of drug-likeness (QED) is 0.866. The Morgan fingerprint density at radius 1 is 1.35 bits per heavy atom. The predicted octanol–water partition coefficient (Wildman–Crippen LogP) is 3.07. The average Bonchev–Trinajstić information content (AvgIpc) is 3.04. The molecule has 1 saturated heterocycles. The maximum Gasteiger partial charge on any atom is 0.275 e. The second-order valence-corrected chi connectivity index (χ2v) is 6.72. The molecule has 0 saturated carbocycles. The fourth-order valence-corrected chi connectivity index (χ4v) is 2.93. The van der Waals surface area contributed by atoms with Crippen LogP contribution in [0.3, 0.4) is 0 Å². The van der Waals surface area contributed by atoms with E-state index in [1.165, 1.54) is 0 Å². The van der Waals surface area contributed by atoms with Gasteiger partial charge in [0.05, 0.1) is 5.52 Å². The number of amides is 1. The summed E-state index contributed by atoms with van der Waals surface area (Å²) >= 11 is 0. The fraction of sp³-hybridized carbons (Fsp3) is 0.500. The van der Waals surface area contributed by atoms with Crippen LogP contribution in [0, 0.1) is 11.3 Å². The van der Waals surface area contributed by atoms with E-state index in [-0.39, 0.29) is 11.3 Å². The number of benzene rings is 1. The van der Waals surface area contributed by atoms with Crippen LogP contribution >= 0.6 is 0 Å². The molecular weight excluding hydrogens is 250 g/mol. The van der Waals surface area contributed by atoms with Gasteiger partial charge in [0.15, 0.2) is 5.69 Å². The molecule has 1 aliphatic heterocycles. The minimum atomic E-state index is 0.0502. The van der Waals surface area contributed by atoms with E-state index in [0.717, 1.165) is 30.4 Å². The molecular formula is C16H21N3O. The minimum Gasteiger partial charge on any atom is -0.337 e.